The van der Waals surface area contributed by atoms with E-state index in [1.807, 2.05) is 24.3 Å². The van der Waals surface area contributed by atoms with Crippen LogP contribution < -0.4 is 5.32 Å². The average Bonchev–Trinajstić information content (AvgIpc) is 3.50. The summed E-state index contributed by atoms with van der Waals surface area (Å²) >= 11 is 0. The number of aliphatic carboxylic acids is 1. The first kappa shape index (κ1) is 22.4. The first-order valence-corrected chi connectivity index (χ1v) is 12.1. The maximum Gasteiger partial charge on any atom is 0.407 e. The van der Waals surface area contributed by atoms with Crippen LogP contribution in [0, 0.1) is 5.92 Å². The fourth-order valence-electron chi connectivity index (χ4n) is 5.52. The standard InChI is InChI=1S/C27H30N2O5/c30-25(29(15-26(31)32)19-11-12-19)14-17-9-10-18(13-17)28-27(33)34-16-24-22-7-3-1-5-20(22)21-6-2-4-8-23(21)24/h1-8,17-19,24H,9-16H2,(H,28,33)(H,31,32)/t17-,18+/m1/s1. The molecule has 0 radical (unpaired) electrons. The minimum Gasteiger partial charge on any atom is -0.480 e. The van der Waals surface area contributed by atoms with Gasteiger partial charge in [-0.15, -0.1) is 0 Å². The second-order valence-corrected chi connectivity index (χ2v) is 9.70. The van der Waals surface area contributed by atoms with Crippen LogP contribution in [-0.2, 0) is 14.3 Å². The third-order valence-corrected chi connectivity index (χ3v) is 7.28. The first-order valence-electron chi connectivity index (χ1n) is 12.1. The Kier molecular flexibility index (Phi) is 6.26. The van der Waals surface area contributed by atoms with Gasteiger partial charge in [0.2, 0.25) is 5.91 Å². The first-order chi connectivity index (χ1) is 16.5. The molecule has 2 aromatic rings. The molecule has 0 unspecified atom stereocenters. The van der Waals surface area contributed by atoms with Crippen molar-refractivity contribution in [3.63, 3.8) is 0 Å². The molecule has 2 aromatic carbocycles. The highest BCUT2D eigenvalue weighted by atomic mass is 16.5. The van der Waals surface area contributed by atoms with Crippen LogP contribution >= 0.6 is 0 Å². The average molecular weight is 463 g/mol. The predicted octanol–water partition coefficient (Wildman–Crippen LogP) is 4.16. The molecule has 2 atom stereocenters. The molecule has 0 heterocycles. The molecule has 0 aliphatic heterocycles. The summed E-state index contributed by atoms with van der Waals surface area (Å²) in [6.45, 7) is 0.0533. The normalized spacial score (nSPS) is 20.9. The number of carboxylic acids is 1. The van der Waals surface area contributed by atoms with Gasteiger partial charge in [0, 0.05) is 24.4 Å². The molecule has 7 nitrogen and oxygen atoms in total. The number of alkyl carbamates (subject to hydrolysis) is 1. The van der Waals surface area contributed by atoms with Gasteiger partial charge in [-0.25, -0.2) is 4.79 Å². The van der Waals surface area contributed by atoms with Crippen molar-refractivity contribution in [2.45, 2.75) is 56.5 Å². The number of benzene rings is 2. The lowest BCUT2D eigenvalue weighted by Gasteiger charge is -2.22. The SMILES string of the molecule is O=C(O)CN(C(=O)C[C@@H]1CC[C@H](NC(=O)OCC2c3ccccc3-c3ccccc32)C1)C1CC1. The number of amides is 2. The van der Waals surface area contributed by atoms with Crippen molar-refractivity contribution in [2.75, 3.05) is 13.2 Å². The maximum atomic E-state index is 12.6. The van der Waals surface area contributed by atoms with Crippen LogP contribution in [0.2, 0.25) is 0 Å². The van der Waals surface area contributed by atoms with Crippen molar-refractivity contribution in [3.8, 4) is 11.1 Å². The molecule has 2 fully saturated rings. The van der Waals surface area contributed by atoms with Crippen LogP contribution in [0.25, 0.3) is 11.1 Å². The molecule has 3 aliphatic rings. The number of carbonyl (C=O) groups is 3. The second kappa shape index (κ2) is 9.49. The Balaban J connectivity index is 1.12. The molecule has 0 saturated heterocycles. The number of hydrogen-bond donors (Lipinski definition) is 2. The van der Waals surface area contributed by atoms with E-state index in [0.29, 0.717) is 12.8 Å². The smallest absolute Gasteiger partial charge is 0.407 e. The van der Waals surface area contributed by atoms with Crippen LogP contribution in [0.5, 0.6) is 0 Å². The summed E-state index contributed by atoms with van der Waals surface area (Å²) in [6.07, 6.45) is 4.03. The van der Waals surface area contributed by atoms with Crippen molar-refractivity contribution in [2.24, 2.45) is 5.92 Å². The number of nitrogens with zero attached hydrogens (tertiary/aromatic N) is 1. The quantitative estimate of drug-likeness (QED) is 0.614. The Hall–Kier alpha value is -3.35. The number of rotatable bonds is 8. The Morgan fingerprint density at radius 3 is 2.21 bits per heavy atom. The zero-order chi connectivity index (χ0) is 23.7. The van der Waals surface area contributed by atoms with E-state index in [2.05, 4.69) is 29.6 Å². The lowest BCUT2D eigenvalue weighted by Crippen LogP contribution is -2.38. The van der Waals surface area contributed by atoms with Crippen molar-refractivity contribution < 1.29 is 24.2 Å². The molecular weight excluding hydrogens is 432 g/mol. The van der Waals surface area contributed by atoms with Gasteiger partial charge in [-0.3, -0.25) is 9.59 Å². The number of carboxylic acid groups (broad SMARTS) is 1. The predicted molar refractivity (Wildman–Crippen MR) is 126 cm³/mol. The summed E-state index contributed by atoms with van der Waals surface area (Å²) in [4.78, 5) is 37.8. The maximum absolute atomic E-state index is 12.6. The van der Waals surface area contributed by atoms with E-state index in [1.54, 1.807) is 0 Å². The number of fused-ring (bicyclic) bond motifs is 3. The van der Waals surface area contributed by atoms with Crippen LogP contribution in [0.1, 0.15) is 55.6 Å². The molecular formula is C27H30N2O5. The van der Waals surface area contributed by atoms with Crippen molar-refractivity contribution in [1.29, 1.82) is 0 Å². The van der Waals surface area contributed by atoms with Gasteiger partial charge in [0.15, 0.2) is 0 Å². The van der Waals surface area contributed by atoms with Gasteiger partial charge in [-0.2, -0.15) is 0 Å². The van der Waals surface area contributed by atoms with Crippen molar-refractivity contribution in [3.05, 3.63) is 59.7 Å². The van der Waals surface area contributed by atoms with E-state index < -0.39 is 12.1 Å². The van der Waals surface area contributed by atoms with Crippen LogP contribution in [0.15, 0.2) is 48.5 Å². The van der Waals surface area contributed by atoms with E-state index in [-0.39, 0.29) is 43.0 Å². The molecule has 0 spiro atoms. The molecule has 2 saturated carbocycles. The summed E-state index contributed by atoms with van der Waals surface area (Å²) in [5.41, 5.74) is 4.74. The highest BCUT2D eigenvalue weighted by Gasteiger charge is 2.36. The third kappa shape index (κ3) is 4.79. The summed E-state index contributed by atoms with van der Waals surface area (Å²) in [5.74, 6) is -0.880. The van der Waals surface area contributed by atoms with Gasteiger partial charge in [0.1, 0.15) is 13.2 Å². The molecule has 0 aromatic heterocycles. The lowest BCUT2D eigenvalue weighted by atomic mass is 9.98. The van der Waals surface area contributed by atoms with Gasteiger partial charge >= 0.3 is 12.1 Å². The summed E-state index contributed by atoms with van der Waals surface area (Å²) in [6, 6.07) is 16.5. The van der Waals surface area contributed by atoms with E-state index in [0.717, 1.165) is 25.7 Å². The number of ether oxygens (including phenoxy) is 1. The molecule has 0 bridgehead atoms. The number of hydrogen-bond acceptors (Lipinski definition) is 4. The third-order valence-electron chi connectivity index (χ3n) is 7.28. The Morgan fingerprint density at radius 2 is 1.59 bits per heavy atom. The molecule has 178 valence electrons. The summed E-state index contributed by atoms with van der Waals surface area (Å²) in [5, 5.41) is 12.1. The van der Waals surface area contributed by atoms with Gasteiger partial charge in [-0.1, -0.05) is 48.5 Å². The topological polar surface area (TPSA) is 95.9 Å². The molecule has 7 heteroatoms. The van der Waals surface area contributed by atoms with Gasteiger partial charge in [0.25, 0.3) is 0 Å². The second-order valence-electron chi connectivity index (χ2n) is 9.70. The zero-order valence-corrected chi connectivity index (χ0v) is 19.1. The summed E-state index contributed by atoms with van der Waals surface area (Å²) < 4.78 is 5.65. The van der Waals surface area contributed by atoms with Gasteiger partial charge < -0.3 is 20.1 Å². The van der Waals surface area contributed by atoms with Crippen LogP contribution in [0.4, 0.5) is 4.79 Å². The number of carbonyl (C=O) groups excluding carboxylic acids is 2. The molecule has 2 amide bonds. The van der Waals surface area contributed by atoms with Crippen LogP contribution in [0.3, 0.4) is 0 Å². The van der Waals surface area contributed by atoms with Gasteiger partial charge in [0.05, 0.1) is 0 Å². The Bertz CT molecular complexity index is 1050. The fourth-order valence-corrected chi connectivity index (χ4v) is 5.52. The zero-order valence-electron chi connectivity index (χ0n) is 19.1. The molecule has 2 N–H and O–H groups in total. The minimum atomic E-state index is -0.971. The lowest BCUT2D eigenvalue weighted by molar-refractivity contribution is -0.145. The monoisotopic (exact) mass is 462 g/mol. The van der Waals surface area contributed by atoms with Crippen molar-refractivity contribution >= 4 is 18.0 Å². The summed E-state index contributed by atoms with van der Waals surface area (Å²) in [7, 11) is 0. The highest BCUT2D eigenvalue weighted by molar-refractivity contribution is 5.82. The largest absolute Gasteiger partial charge is 0.480 e. The molecule has 5 rings (SSSR count). The highest BCUT2D eigenvalue weighted by Crippen LogP contribution is 2.44. The van der Waals surface area contributed by atoms with E-state index in [4.69, 9.17) is 9.84 Å². The molecule has 34 heavy (non-hydrogen) atoms. The number of nitrogens with one attached hydrogen (secondary N) is 1. The van der Waals surface area contributed by atoms with Gasteiger partial charge in [-0.05, 0) is 60.3 Å². The molecule has 3 aliphatic carbocycles. The van der Waals surface area contributed by atoms with E-state index in [1.165, 1.54) is 27.2 Å². The fraction of sp³-hybridized carbons (Fsp3) is 0.444. The minimum absolute atomic E-state index is 0.0229. The van der Waals surface area contributed by atoms with E-state index in [9.17, 15) is 14.4 Å². The van der Waals surface area contributed by atoms with E-state index >= 15 is 0 Å². The Labute approximate surface area is 199 Å². The Morgan fingerprint density at radius 1 is 0.941 bits per heavy atom. The van der Waals surface area contributed by atoms with Crippen molar-refractivity contribution in [1.82, 2.24) is 10.2 Å². The van der Waals surface area contributed by atoms with Crippen LogP contribution in [-0.4, -0.2) is 53.2 Å².